The molecule has 0 N–H and O–H groups in total. The second-order valence-electron chi connectivity index (χ2n) is 5.51. The van der Waals surface area contributed by atoms with Crippen molar-refractivity contribution in [2.45, 2.75) is 32.2 Å². The normalized spacial score (nSPS) is 14.9. The Kier molecular flexibility index (Phi) is 2.97. The molecule has 6 nitrogen and oxygen atoms in total. The van der Waals surface area contributed by atoms with Crippen molar-refractivity contribution in [3.05, 3.63) is 44.5 Å². The average Bonchev–Trinajstić information content (AvgIpc) is 2.70. The lowest BCUT2D eigenvalue weighted by atomic mass is 10.2. The Morgan fingerprint density at radius 3 is 2.95 bits per heavy atom. The van der Waals surface area contributed by atoms with E-state index in [4.69, 9.17) is 0 Å². The number of aryl methyl sites for hydroxylation is 1. The average molecular weight is 315 g/mol. The van der Waals surface area contributed by atoms with E-state index in [-0.39, 0.29) is 11.2 Å². The summed E-state index contributed by atoms with van der Waals surface area (Å²) < 4.78 is 3.24. The maximum absolute atomic E-state index is 12.7. The Hall–Kier alpha value is -2.28. The van der Waals surface area contributed by atoms with E-state index in [0.29, 0.717) is 22.1 Å². The molecule has 4 rings (SSSR count). The number of aromatic nitrogens is 2. The summed E-state index contributed by atoms with van der Waals surface area (Å²) in [6.07, 6.45) is 3.91. The van der Waals surface area contributed by atoms with Crippen LogP contribution in [0.4, 0.5) is 5.69 Å². The van der Waals surface area contributed by atoms with Crippen molar-refractivity contribution >= 4 is 37.3 Å². The van der Waals surface area contributed by atoms with Crippen molar-refractivity contribution < 1.29 is 4.92 Å². The van der Waals surface area contributed by atoms with E-state index in [1.807, 2.05) is 0 Å². The quantitative estimate of drug-likeness (QED) is 0.510. The van der Waals surface area contributed by atoms with Gasteiger partial charge in [-0.05, 0) is 18.9 Å². The molecule has 112 valence electrons. The van der Waals surface area contributed by atoms with Crippen molar-refractivity contribution in [3.63, 3.8) is 0 Å². The molecule has 1 aliphatic rings. The number of nitro benzene ring substituents is 1. The monoisotopic (exact) mass is 315 g/mol. The first kappa shape index (κ1) is 13.4. The van der Waals surface area contributed by atoms with Crippen molar-refractivity contribution in [2.24, 2.45) is 0 Å². The summed E-state index contributed by atoms with van der Waals surface area (Å²) in [7, 11) is 0. The number of nitrogens with zero attached hydrogens (tertiary/aromatic N) is 3. The van der Waals surface area contributed by atoms with Gasteiger partial charge in [0.2, 0.25) is 0 Å². The summed E-state index contributed by atoms with van der Waals surface area (Å²) in [5.41, 5.74) is 0.636. The molecule has 7 heteroatoms. The van der Waals surface area contributed by atoms with Gasteiger partial charge in [-0.25, -0.2) is 4.98 Å². The lowest BCUT2D eigenvalue weighted by Gasteiger charge is -2.07. The van der Waals surface area contributed by atoms with Crippen LogP contribution < -0.4 is 5.56 Å². The molecule has 0 fully saturated rings. The first-order valence-corrected chi connectivity index (χ1v) is 8.07. The molecule has 0 bridgehead atoms. The van der Waals surface area contributed by atoms with Gasteiger partial charge in [-0.3, -0.25) is 19.5 Å². The van der Waals surface area contributed by atoms with E-state index in [1.54, 1.807) is 10.6 Å². The van der Waals surface area contributed by atoms with Crippen LogP contribution in [0, 0.1) is 10.1 Å². The zero-order chi connectivity index (χ0) is 15.3. The number of thiophene rings is 1. The summed E-state index contributed by atoms with van der Waals surface area (Å²) in [5, 5.41) is 11.7. The highest BCUT2D eigenvalue weighted by Gasteiger charge is 2.18. The standard InChI is InChI=1S/C15H13N3O3S/c19-15-14-13(16-12-4-2-1-3-7-17(12)15)10-8-9(18(20)21)5-6-11(10)22-14/h5-6,8H,1-4,7H2. The molecule has 0 unspecified atom stereocenters. The highest BCUT2D eigenvalue weighted by Crippen LogP contribution is 2.33. The van der Waals surface area contributed by atoms with Gasteiger partial charge in [0.15, 0.2) is 0 Å². The first-order chi connectivity index (χ1) is 10.6. The van der Waals surface area contributed by atoms with Crippen LogP contribution in [0.25, 0.3) is 20.3 Å². The Morgan fingerprint density at radius 1 is 1.27 bits per heavy atom. The minimum Gasteiger partial charge on any atom is -0.295 e. The molecule has 3 aromatic rings. The molecular weight excluding hydrogens is 302 g/mol. The number of benzene rings is 1. The van der Waals surface area contributed by atoms with Gasteiger partial charge in [-0.1, -0.05) is 6.42 Å². The summed E-state index contributed by atoms with van der Waals surface area (Å²) in [6, 6.07) is 4.70. The summed E-state index contributed by atoms with van der Waals surface area (Å²) in [5.74, 6) is 0.807. The summed E-state index contributed by atoms with van der Waals surface area (Å²) >= 11 is 1.37. The largest absolute Gasteiger partial charge is 0.295 e. The van der Waals surface area contributed by atoms with E-state index in [9.17, 15) is 14.9 Å². The maximum atomic E-state index is 12.7. The summed E-state index contributed by atoms with van der Waals surface area (Å²) in [6.45, 7) is 0.714. The predicted molar refractivity (Wildman–Crippen MR) is 85.6 cm³/mol. The van der Waals surface area contributed by atoms with E-state index in [2.05, 4.69) is 4.98 Å². The molecule has 0 saturated carbocycles. The zero-order valence-electron chi connectivity index (χ0n) is 11.7. The van der Waals surface area contributed by atoms with Gasteiger partial charge < -0.3 is 0 Å². The number of hydrogen-bond donors (Lipinski definition) is 0. The van der Waals surface area contributed by atoms with Crippen LogP contribution in [0.1, 0.15) is 25.1 Å². The fourth-order valence-corrected chi connectivity index (χ4v) is 4.09. The number of hydrogen-bond acceptors (Lipinski definition) is 5. The molecule has 3 heterocycles. The van der Waals surface area contributed by atoms with Gasteiger partial charge in [-0.2, -0.15) is 0 Å². The molecular formula is C15H13N3O3S. The van der Waals surface area contributed by atoms with Crippen LogP contribution in [0.2, 0.25) is 0 Å². The van der Waals surface area contributed by atoms with Crippen molar-refractivity contribution in [1.82, 2.24) is 9.55 Å². The van der Waals surface area contributed by atoms with Crippen molar-refractivity contribution in [2.75, 3.05) is 0 Å². The van der Waals surface area contributed by atoms with Crippen LogP contribution in [0.15, 0.2) is 23.0 Å². The Labute approximate surface area is 129 Å². The Balaban J connectivity index is 2.08. The molecule has 0 aliphatic carbocycles. The topological polar surface area (TPSA) is 78.0 Å². The van der Waals surface area contributed by atoms with Gasteiger partial charge in [0, 0.05) is 35.2 Å². The Morgan fingerprint density at radius 2 is 2.14 bits per heavy atom. The van der Waals surface area contributed by atoms with E-state index in [0.717, 1.165) is 36.2 Å². The molecule has 0 radical (unpaired) electrons. The zero-order valence-corrected chi connectivity index (χ0v) is 12.6. The lowest BCUT2D eigenvalue weighted by molar-refractivity contribution is -0.384. The first-order valence-electron chi connectivity index (χ1n) is 7.25. The molecule has 1 aliphatic heterocycles. The highest BCUT2D eigenvalue weighted by molar-refractivity contribution is 7.25. The molecule has 0 spiro atoms. The molecule has 2 aromatic heterocycles. The van der Waals surface area contributed by atoms with Crippen LogP contribution in [-0.2, 0) is 13.0 Å². The third-order valence-electron chi connectivity index (χ3n) is 4.13. The number of non-ortho nitro benzene ring substituents is 1. The molecule has 0 amide bonds. The molecule has 22 heavy (non-hydrogen) atoms. The minimum atomic E-state index is -0.417. The predicted octanol–water partition coefficient (Wildman–Crippen LogP) is 3.25. The van der Waals surface area contributed by atoms with Crippen LogP contribution in [0.3, 0.4) is 0 Å². The van der Waals surface area contributed by atoms with Gasteiger partial charge in [0.1, 0.15) is 10.5 Å². The van der Waals surface area contributed by atoms with E-state index < -0.39 is 4.92 Å². The van der Waals surface area contributed by atoms with Gasteiger partial charge >= 0.3 is 0 Å². The number of nitro groups is 1. The van der Waals surface area contributed by atoms with E-state index in [1.165, 1.54) is 23.5 Å². The SMILES string of the molecule is O=c1c2sc3ccc([N+](=O)[O-])cc3c2nc2n1CCCCC2. The number of fused-ring (bicyclic) bond motifs is 4. The van der Waals surface area contributed by atoms with Crippen molar-refractivity contribution in [1.29, 1.82) is 0 Å². The summed E-state index contributed by atoms with van der Waals surface area (Å²) in [4.78, 5) is 27.9. The molecule has 1 aromatic carbocycles. The van der Waals surface area contributed by atoms with E-state index >= 15 is 0 Å². The Bertz CT molecular complexity index is 973. The van der Waals surface area contributed by atoms with Gasteiger partial charge in [-0.15, -0.1) is 11.3 Å². The van der Waals surface area contributed by atoms with Gasteiger partial charge in [0.25, 0.3) is 11.2 Å². The highest BCUT2D eigenvalue weighted by atomic mass is 32.1. The minimum absolute atomic E-state index is 0.00856. The molecule has 0 atom stereocenters. The second-order valence-corrected chi connectivity index (χ2v) is 6.57. The third kappa shape index (κ3) is 1.93. The van der Waals surface area contributed by atoms with Crippen LogP contribution in [-0.4, -0.2) is 14.5 Å². The molecule has 0 saturated heterocycles. The maximum Gasteiger partial charge on any atom is 0.271 e. The van der Waals surface area contributed by atoms with Crippen LogP contribution in [0.5, 0.6) is 0 Å². The smallest absolute Gasteiger partial charge is 0.271 e. The van der Waals surface area contributed by atoms with Crippen molar-refractivity contribution in [3.8, 4) is 0 Å². The third-order valence-corrected chi connectivity index (χ3v) is 5.28. The van der Waals surface area contributed by atoms with Gasteiger partial charge in [0.05, 0.1) is 10.4 Å². The fourth-order valence-electron chi connectivity index (χ4n) is 3.02. The second kappa shape index (κ2) is 4.88. The lowest BCUT2D eigenvalue weighted by Crippen LogP contribution is -2.23. The van der Waals surface area contributed by atoms with Crippen LogP contribution >= 0.6 is 11.3 Å². The fraction of sp³-hybridized carbons (Fsp3) is 0.333. The number of rotatable bonds is 1.